The second kappa shape index (κ2) is 5.63. The quantitative estimate of drug-likeness (QED) is 0.387. The molecule has 144 valence electrons. The summed E-state index contributed by atoms with van der Waals surface area (Å²) in [6.45, 7) is 1.25. The number of fused-ring (bicyclic) bond motifs is 3. The SMILES string of the molecule is CC(=O)[C@]1(N)Cc2c(O)c3c(c(O)c2[C@@H](O)C1)C(=O)c1c(O)cccc1C3=O. The number of carbonyl (C=O) groups is 3. The van der Waals surface area contributed by atoms with Crippen molar-refractivity contribution in [3.05, 3.63) is 51.6 Å². The van der Waals surface area contributed by atoms with E-state index in [0.717, 1.165) is 0 Å². The third-order valence-electron chi connectivity index (χ3n) is 5.64. The molecular weight excluding hydrogens is 366 g/mol. The highest BCUT2D eigenvalue weighted by molar-refractivity contribution is 6.31. The van der Waals surface area contributed by atoms with E-state index in [1.165, 1.54) is 25.1 Å². The lowest BCUT2D eigenvalue weighted by molar-refractivity contribution is -0.123. The predicted octanol–water partition coefficient (Wildman–Crippen LogP) is 0.845. The monoisotopic (exact) mass is 383 g/mol. The number of benzene rings is 2. The van der Waals surface area contributed by atoms with E-state index in [-0.39, 0.29) is 35.1 Å². The normalized spacial score (nSPS) is 23.0. The van der Waals surface area contributed by atoms with Gasteiger partial charge >= 0.3 is 0 Å². The number of phenolic OH excluding ortho intramolecular Hbond substituents is 3. The Kier molecular flexibility index (Phi) is 3.65. The van der Waals surface area contributed by atoms with Gasteiger partial charge in [0.25, 0.3) is 0 Å². The van der Waals surface area contributed by atoms with Crippen molar-refractivity contribution in [3.63, 3.8) is 0 Å². The molecule has 0 saturated carbocycles. The van der Waals surface area contributed by atoms with Crippen LogP contribution in [0.5, 0.6) is 17.2 Å². The molecule has 6 N–H and O–H groups in total. The number of hydrogen-bond donors (Lipinski definition) is 5. The maximum atomic E-state index is 12.9. The van der Waals surface area contributed by atoms with Crippen molar-refractivity contribution >= 4 is 17.3 Å². The highest BCUT2D eigenvalue weighted by Gasteiger charge is 2.46. The third-order valence-corrected chi connectivity index (χ3v) is 5.64. The van der Waals surface area contributed by atoms with E-state index in [0.29, 0.717) is 0 Å². The summed E-state index contributed by atoms with van der Waals surface area (Å²) in [5, 5.41) is 42.1. The van der Waals surface area contributed by atoms with Crippen LogP contribution in [-0.4, -0.2) is 43.3 Å². The van der Waals surface area contributed by atoms with Gasteiger partial charge in [-0.3, -0.25) is 14.4 Å². The number of Topliss-reactive ketones (excluding diaryl/α,β-unsaturated/α-hetero) is 1. The van der Waals surface area contributed by atoms with E-state index >= 15 is 0 Å². The molecule has 0 bridgehead atoms. The zero-order valence-corrected chi connectivity index (χ0v) is 14.8. The molecule has 0 saturated heterocycles. The molecule has 8 nitrogen and oxygen atoms in total. The highest BCUT2D eigenvalue weighted by atomic mass is 16.3. The molecule has 2 aliphatic carbocycles. The Morgan fingerprint density at radius 3 is 2.36 bits per heavy atom. The molecule has 0 fully saturated rings. The van der Waals surface area contributed by atoms with Gasteiger partial charge in [0, 0.05) is 29.5 Å². The minimum Gasteiger partial charge on any atom is -0.507 e. The molecule has 4 rings (SSSR count). The molecule has 0 radical (unpaired) electrons. The van der Waals surface area contributed by atoms with E-state index < -0.39 is 57.4 Å². The number of aliphatic hydroxyl groups is 1. The lowest BCUT2D eigenvalue weighted by atomic mass is 9.71. The summed E-state index contributed by atoms with van der Waals surface area (Å²) < 4.78 is 0. The van der Waals surface area contributed by atoms with E-state index in [9.17, 15) is 34.8 Å². The van der Waals surface area contributed by atoms with Crippen LogP contribution >= 0.6 is 0 Å². The summed E-state index contributed by atoms with van der Waals surface area (Å²) in [4.78, 5) is 37.8. The number of aliphatic hydroxyl groups excluding tert-OH is 1. The summed E-state index contributed by atoms with van der Waals surface area (Å²) in [6, 6.07) is 3.94. The number of rotatable bonds is 1. The van der Waals surface area contributed by atoms with Crippen molar-refractivity contribution in [1.29, 1.82) is 0 Å². The molecule has 0 amide bonds. The molecule has 8 heteroatoms. The Bertz CT molecular complexity index is 1100. The van der Waals surface area contributed by atoms with E-state index in [1.54, 1.807) is 0 Å². The molecule has 0 unspecified atom stereocenters. The number of phenols is 3. The van der Waals surface area contributed by atoms with Gasteiger partial charge in [0.2, 0.25) is 5.78 Å². The summed E-state index contributed by atoms with van der Waals surface area (Å²) in [5.41, 5.74) is 3.09. The van der Waals surface area contributed by atoms with Gasteiger partial charge in [0.05, 0.1) is 28.3 Å². The topological polar surface area (TPSA) is 158 Å². The van der Waals surface area contributed by atoms with Crippen molar-refractivity contribution in [2.75, 3.05) is 0 Å². The van der Waals surface area contributed by atoms with Crippen molar-refractivity contribution < 1.29 is 34.8 Å². The Morgan fingerprint density at radius 1 is 1.07 bits per heavy atom. The molecule has 0 spiro atoms. The van der Waals surface area contributed by atoms with Gasteiger partial charge in [-0.15, -0.1) is 0 Å². The number of ketones is 3. The first kappa shape index (κ1) is 18.1. The molecular formula is C20H17NO7. The molecule has 2 aliphatic rings. The number of aromatic hydroxyl groups is 3. The van der Waals surface area contributed by atoms with Gasteiger partial charge in [-0.25, -0.2) is 0 Å². The molecule has 2 atom stereocenters. The maximum absolute atomic E-state index is 12.9. The highest BCUT2D eigenvalue weighted by Crippen LogP contribution is 2.50. The standard InChI is InChI=1S/C20H17NO7/c1-7(22)20(21)5-9-13(11(24)6-20)19(28)15-14(17(9)26)16(25)8-3-2-4-10(23)12(8)18(15)27/h2-4,11,23-24,26,28H,5-6,21H2,1H3/t11-,20-/m0/s1. The number of carbonyl (C=O) groups excluding carboxylic acids is 3. The molecule has 2 aromatic carbocycles. The molecule has 2 aromatic rings. The van der Waals surface area contributed by atoms with Gasteiger partial charge in [-0.2, -0.15) is 0 Å². The lowest BCUT2D eigenvalue weighted by Crippen LogP contribution is -2.52. The van der Waals surface area contributed by atoms with Gasteiger partial charge < -0.3 is 26.2 Å². The van der Waals surface area contributed by atoms with Crippen molar-refractivity contribution in [3.8, 4) is 17.2 Å². The smallest absolute Gasteiger partial charge is 0.202 e. The zero-order chi connectivity index (χ0) is 20.5. The summed E-state index contributed by atoms with van der Waals surface area (Å²) in [7, 11) is 0. The molecule has 0 heterocycles. The summed E-state index contributed by atoms with van der Waals surface area (Å²) in [5.74, 6) is -3.73. The molecule has 0 aliphatic heterocycles. The average molecular weight is 383 g/mol. The molecule has 0 aromatic heterocycles. The Labute approximate surface area is 158 Å². The lowest BCUT2D eigenvalue weighted by Gasteiger charge is -2.37. The van der Waals surface area contributed by atoms with Gasteiger partial charge in [-0.05, 0) is 13.0 Å². The van der Waals surface area contributed by atoms with Crippen LogP contribution in [0.2, 0.25) is 0 Å². The second-order valence-corrected chi connectivity index (χ2v) is 7.31. The second-order valence-electron chi connectivity index (χ2n) is 7.31. The fourth-order valence-corrected chi connectivity index (χ4v) is 4.10. The fraction of sp³-hybridized carbons (Fsp3) is 0.250. The van der Waals surface area contributed by atoms with Crippen molar-refractivity contribution in [2.24, 2.45) is 5.73 Å². The van der Waals surface area contributed by atoms with Gasteiger partial charge in [0.15, 0.2) is 5.78 Å². The Hall–Kier alpha value is -3.23. The van der Waals surface area contributed by atoms with Crippen LogP contribution in [-0.2, 0) is 11.2 Å². The van der Waals surface area contributed by atoms with Crippen LogP contribution in [0, 0.1) is 0 Å². The first-order chi connectivity index (χ1) is 13.1. The largest absolute Gasteiger partial charge is 0.507 e. The van der Waals surface area contributed by atoms with E-state index in [1.807, 2.05) is 0 Å². The van der Waals surface area contributed by atoms with Crippen LogP contribution in [0.25, 0.3) is 0 Å². The van der Waals surface area contributed by atoms with E-state index in [4.69, 9.17) is 5.73 Å². The summed E-state index contributed by atoms with van der Waals surface area (Å²) >= 11 is 0. The van der Waals surface area contributed by atoms with Crippen LogP contribution in [0.3, 0.4) is 0 Å². The third kappa shape index (κ3) is 2.15. The van der Waals surface area contributed by atoms with Crippen molar-refractivity contribution in [2.45, 2.75) is 31.4 Å². The van der Waals surface area contributed by atoms with Crippen LogP contribution < -0.4 is 5.73 Å². The van der Waals surface area contributed by atoms with E-state index in [2.05, 4.69) is 0 Å². The Morgan fingerprint density at radius 2 is 1.71 bits per heavy atom. The average Bonchev–Trinajstić information content (AvgIpc) is 2.61. The van der Waals surface area contributed by atoms with Gasteiger partial charge in [-0.1, -0.05) is 12.1 Å². The first-order valence-electron chi connectivity index (χ1n) is 8.58. The predicted molar refractivity (Wildman–Crippen MR) is 95.6 cm³/mol. The fourth-order valence-electron chi connectivity index (χ4n) is 4.10. The Balaban J connectivity index is 2.05. The first-order valence-corrected chi connectivity index (χ1v) is 8.58. The van der Waals surface area contributed by atoms with Crippen molar-refractivity contribution in [1.82, 2.24) is 0 Å². The van der Waals surface area contributed by atoms with Crippen LogP contribution in [0.1, 0.15) is 62.4 Å². The maximum Gasteiger partial charge on any atom is 0.202 e. The number of nitrogens with two attached hydrogens (primary N) is 1. The molecule has 28 heavy (non-hydrogen) atoms. The van der Waals surface area contributed by atoms with Crippen LogP contribution in [0.15, 0.2) is 18.2 Å². The minimum atomic E-state index is -1.48. The number of hydrogen-bond acceptors (Lipinski definition) is 8. The zero-order valence-electron chi connectivity index (χ0n) is 14.8. The summed E-state index contributed by atoms with van der Waals surface area (Å²) in [6.07, 6.45) is -1.86. The van der Waals surface area contributed by atoms with Gasteiger partial charge in [0.1, 0.15) is 23.0 Å². The minimum absolute atomic E-state index is 0.0440. The van der Waals surface area contributed by atoms with Crippen LogP contribution in [0.4, 0.5) is 0 Å².